The molecular formula is C47H51ClF4N6O7S2. The lowest BCUT2D eigenvalue weighted by Gasteiger charge is -2.39. The van der Waals surface area contributed by atoms with E-state index in [1.54, 1.807) is 30.5 Å². The van der Waals surface area contributed by atoms with Crippen LogP contribution in [0.25, 0.3) is 16.6 Å². The van der Waals surface area contributed by atoms with Gasteiger partial charge in [-0.1, -0.05) is 43.2 Å². The number of fused-ring (bicyclic) bond motifs is 1. The number of benzene rings is 3. The van der Waals surface area contributed by atoms with Crippen LogP contribution in [-0.4, -0.2) is 102 Å². The Hall–Kier alpha value is -5.21. The van der Waals surface area contributed by atoms with Gasteiger partial charge in [-0.2, -0.15) is 13.2 Å². The number of H-pyrrole nitrogens is 1. The average molecular weight is 988 g/mol. The second kappa shape index (κ2) is 19.1. The zero-order chi connectivity index (χ0) is 47.8. The summed E-state index contributed by atoms with van der Waals surface area (Å²) in [6.45, 7) is 7.60. The molecular weight excluding hydrogens is 936 g/mol. The molecule has 2 aliphatic heterocycles. The number of aromatic amines is 1. The van der Waals surface area contributed by atoms with E-state index in [1.807, 2.05) is 16.9 Å². The molecule has 1 amide bonds. The molecule has 0 unspecified atom stereocenters. The van der Waals surface area contributed by atoms with Crippen molar-refractivity contribution in [2.75, 3.05) is 64.0 Å². The lowest BCUT2D eigenvalue weighted by molar-refractivity contribution is -0.0438. The maximum absolute atomic E-state index is 14.2. The average Bonchev–Trinajstić information content (AvgIpc) is 3.77. The minimum atomic E-state index is -6.20. The summed E-state index contributed by atoms with van der Waals surface area (Å²) in [5, 5.41) is 4.44. The Bertz CT molecular complexity index is 2900. The number of amides is 1. The number of halogens is 5. The number of hydrogen-bond acceptors (Lipinski definition) is 11. The van der Waals surface area contributed by atoms with Gasteiger partial charge < -0.3 is 24.7 Å². The number of rotatable bonds is 14. The van der Waals surface area contributed by atoms with Crippen LogP contribution < -0.4 is 24.4 Å². The fourth-order valence-electron chi connectivity index (χ4n) is 8.83. The second-order valence-corrected chi connectivity index (χ2v) is 22.3. The first kappa shape index (κ1) is 48.3. The van der Waals surface area contributed by atoms with E-state index in [-0.39, 0.29) is 41.4 Å². The van der Waals surface area contributed by atoms with E-state index in [9.17, 15) is 39.2 Å². The molecule has 20 heteroatoms. The number of alkyl halides is 4. The maximum Gasteiger partial charge on any atom is 0.502 e. The number of pyridine rings is 1. The fraction of sp³-hybridized carbons (Fsp3) is 0.404. The van der Waals surface area contributed by atoms with Crippen LogP contribution in [0.2, 0.25) is 5.02 Å². The predicted octanol–water partition coefficient (Wildman–Crippen LogP) is 8.92. The molecule has 0 saturated carbocycles. The van der Waals surface area contributed by atoms with Crippen molar-refractivity contribution in [2.24, 2.45) is 10.8 Å². The van der Waals surface area contributed by atoms with E-state index >= 15 is 0 Å². The van der Waals surface area contributed by atoms with E-state index in [1.165, 1.54) is 29.0 Å². The first-order chi connectivity index (χ1) is 31.7. The summed E-state index contributed by atoms with van der Waals surface area (Å²) in [4.78, 5) is 23.4. The molecule has 0 spiro atoms. The zero-order valence-corrected chi connectivity index (χ0v) is 39.3. The van der Waals surface area contributed by atoms with Crippen LogP contribution in [0.15, 0.2) is 101 Å². The van der Waals surface area contributed by atoms with Crippen molar-refractivity contribution in [3.8, 4) is 17.2 Å². The summed E-state index contributed by atoms with van der Waals surface area (Å²) in [6.07, 6.45) is 6.69. The molecule has 3 N–H and O–H groups in total. The maximum atomic E-state index is 14.2. The summed E-state index contributed by atoms with van der Waals surface area (Å²) >= 11 is 6.23. The van der Waals surface area contributed by atoms with Gasteiger partial charge in [0.05, 0.1) is 29.9 Å². The normalized spacial score (nSPS) is 18.2. The smallest absolute Gasteiger partial charge is 0.492 e. The number of sulfone groups is 1. The number of anilines is 1. The van der Waals surface area contributed by atoms with Crippen LogP contribution in [0.4, 0.5) is 23.2 Å². The molecule has 8 rings (SSSR count). The Morgan fingerprint density at radius 3 is 2.34 bits per heavy atom. The third-order valence-electron chi connectivity index (χ3n) is 12.9. The van der Waals surface area contributed by atoms with Crippen molar-refractivity contribution in [3.63, 3.8) is 0 Å². The van der Waals surface area contributed by atoms with Crippen molar-refractivity contribution < 1.29 is 48.7 Å². The van der Waals surface area contributed by atoms with Crippen LogP contribution in [0, 0.1) is 10.8 Å². The number of aromatic nitrogens is 2. The minimum Gasteiger partial charge on any atom is -0.492 e. The van der Waals surface area contributed by atoms with E-state index in [2.05, 4.69) is 51.1 Å². The zero-order valence-electron chi connectivity index (χ0n) is 36.9. The molecule has 2 saturated heterocycles. The topological polar surface area (TPSA) is 163 Å². The number of carbonyl (C=O) groups is 1. The highest BCUT2D eigenvalue weighted by atomic mass is 35.5. The molecule has 3 aromatic carbocycles. The van der Waals surface area contributed by atoms with E-state index < -0.39 is 65.5 Å². The second-order valence-electron chi connectivity index (χ2n) is 18.2. The molecule has 5 aromatic rings. The number of nitrogens with zero attached hydrogens (tertiary/aromatic N) is 3. The summed E-state index contributed by atoms with van der Waals surface area (Å²) in [6, 6.07) is 17.9. The summed E-state index contributed by atoms with van der Waals surface area (Å²) in [5.41, 5.74) is -1.82. The monoisotopic (exact) mass is 986 g/mol. The van der Waals surface area contributed by atoms with Gasteiger partial charge in [-0.15, -0.1) is 0 Å². The molecule has 2 aromatic heterocycles. The summed E-state index contributed by atoms with van der Waals surface area (Å²) < 4.78 is 123. The van der Waals surface area contributed by atoms with Crippen molar-refractivity contribution in [1.29, 1.82) is 0 Å². The SMILES string of the molecule is CC1(C)CCC(CN2CCN(c3ccc(C(=O)NS(=O)(=O)c4ccc(OCC5(CF)CCNCC5)c(S(=O)(=O)C(F)(F)F)c4)c(Oc4cnc5[nH]ccc5c4)c3)CC2)=C(c2ccc(Cl)cc2)C1. The Morgan fingerprint density at radius 1 is 0.910 bits per heavy atom. The van der Waals surface area contributed by atoms with Gasteiger partial charge in [-0.3, -0.25) is 14.1 Å². The van der Waals surface area contributed by atoms with Gasteiger partial charge in [0.15, 0.2) is 0 Å². The van der Waals surface area contributed by atoms with Crippen LogP contribution in [0.1, 0.15) is 61.9 Å². The Labute approximate surface area is 391 Å². The van der Waals surface area contributed by atoms with Crippen LogP contribution in [0.5, 0.6) is 17.2 Å². The van der Waals surface area contributed by atoms with Crippen molar-refractivity contribution in [1.82, 2.24) is 24.9 Å². The van der Waals surface area contributed by atoms with Crippen LogP contribution >= 0.6 is 11.6 Å². The number of piperazine rings is 1. The predicted molar refractivity (Wildman–Crippen MR) is 248 cm³/mol. The molecule has 3 aliphatic rings. The van der Waals surface area contributed by atoms with E-state index in [0.717, 1.165) is 51.0 Å². The highest BCUT2D eigenvalue weighted by Gasteiger charge is 2.49. The first-order valence-electron chi connectivity index (χ1n) is 21.9. The Balaban J connectivity index is 1.04. The van der Waals surface area contributed by atoms with Crippen molar-refractivity contribution in [3.05, 3.63) is 107 Å². The van der Waals surface area contributed by atoms with Crippen molar-refractivity contribution >= 4 is 59.7 Å². The molecule has 358 valence electrons. The Kier molecular flexibility index (Phi) is 13.7. The van der Waals surface area contributed by atoms with Crippen LogP contribution in [0.3, 0.4) is 0 Å². The third-order valence-corrected chi connectivity index (χ3v) is 16.0. The quantitative estimate of drug-likeness (QED) is 0.0911. The van der Waals surface area contributed by atoms with Gasteiger partial charge in [0.2, 0.25) is 0 Å². The third kappa shape index (κ3) is 10.8. The number of hydrogen-bond donors (Lipinski definition) is 3. The van der Waals surface area contributed by atoms with Crippen LogP contribution in [-0.2, 0) is 19.9 Å². The molecule has 0 bridgehead atoms. The van der Waals surface area contributed by atoms with E-state index in [0.29, 0.717) is 47.9 Å². The summed E-state index contributed by atoms with van der Waals surface area (Å²) in [7, 11) is -11.2. The standard InChI is InChI=1S/C47H51ClF4N6O7S2/c1-45(2)13-11-33(39(26-45)31-3-5-34(48)6-4-31)28-57-19-21-58(22-20-57)35-7-9-38(41(24-35)65-36-23-32-12-16-54-43(32)55-27-36)44(59)56-67(62,63)37-8-10-40(42(25-37)66(60,61)47(50,51)52)64-30-46(29-49)14-17-53-18-15-46/h3-10,12,16,23-25,27,53H,11,13-15,17-22,26,28-30H2,1-2H3,(H,54,55)(H,56,59). The van der Waals surface area contributed by atoms with Crippen molar-refractivity contribution in [2.45, 2.75) is 61.3 Å². The lowest BCUT2D eigenvalue weighted by atomic mass is 9.72. The molecule has 4 heterocycles. The lowest BCUT2D eigenvalue weighted by Crippen LogP contribution is -2.47. The molecule has 0 radical (unpaired) electrons. The molecule has 2 fully saturated rings. The first-order valence-corrected chi connectivity index (χ1v) is 25.2. The van der Waals surface area contributed by atoms with Gasteiger partial charge in [-0.25, -0.2) is 26.5 Å². The largest absolute Gasteiger partial charge is 0.502 e. The fourth-order valence-corrected chi connectivity index (χ4v) is 10.9. The molecule has 13 nitrogen and oxygen atoms in total. The van der Waals surface area contributed by atoms with Gasteiger partial charge in [0.25, 0.3) is 25.8 Å². The van der Waals surface area contributed by atoms with Gasteiger partial charge in [0, 0.05) is 66.5 Å². The number of sulfonamides is 1. The van der Waals surface area contributed by atoms with E-state index in [4.69, 9.17) is 21.1 Å². The number of allylic oxidation sites excluding steroid dienone is 1. The number of carbonyl (C=O) groups excluding carboxylic acids is 1. The number of ether oxygens (including phenoxy) is 2. The Morgan fingerprint density at radius 2 is 1.64 bits per heavy atom. The number of nitrogens with one attached hydrogen (secondary N) is 3. The number of piperidine rings is 1. The van der Waals surface area contributed by atoms with Gasteiger partial charge >= 0.3 is 5.51 Å². The molecule has 1 aliphatic carbocycles. The van der Waals surface area contributed by atoms with Gasteiger partial charge in [-0.05, 0) is 116 Å². The van der Waals surface area contributed by atoms with Gasteiger partial charge in [0.1, 0.15) is 27.8 Å². The molecule has 67 heavy (non-hydrogen) atoms. The summed E-state index contributed by atoms with van der Waals surface area (Å²) in [5.74, 6) is -1.84. The molecule has 0 atom stereocenters. The highest BCUT2D eigenvalue weighted by Crippen LogP contribution is 2.44. The minimum absolute atomic E-state index is 0.0457. The highest BCUT2D eigenvalue weighted by molar-refractivity contribution is 7.92.